The van der Waals surface area contributed by atoms with Crippen LogP contribution in [-0.4, -0.2) is 50.2 Å². The lowest BCUT2D eigenvalue weighted by Crippen LogP contribution is -2.48. The number of carbonyl (C=O) groups excluding carboxylic acids is 2. The Morgan fingerprint density at radius 2 is 1.77 bits per heavy atom. The number of rotatable bonds is 11. The third-order valence-electron chi connectivity index (χ3n) is 7.36. The molecule has 1 aliphatic carbocycles. The minimum absolute atomic E-state index is 0.0734. The van der Waals surface area contributed by atoms with Crippen LogP contribution in [-0.2, 0) is 17.9 Å². The molecule has 212 valence electrons. The number of hydrogen-bond acceptors (Lipinski definition) is 4. The first kappa shape index (κ1) is 29.0. The van der Waals surface area contributed by atoms with Crippen LogP contribution in [0, 0.1) is 21.8 Å². The Morgan fingerprint density at radius 3 is 2.45 bits per heavy atom. The number of halogens is 1. The lowest BCUT2D eigenvalue weighted by molar-refractivity contribution is -0.384. The van der Waals surface area contributed by atoms with Crippen molar-refractivity contribution >= 4 is 17.5 Å². The Bertz CT molecular complexity index is 1310. The van der Waals surface area contributed by atoms with Gasteiger partial charge in [-0.1, -0.05) is 51.3 Å². The molecule has 0 bridgehead atoms. The lowest BCUT2D eigenvalue weighted by atomic mass is 9.94. The molecule has 3 aromatic rings. The summed E-state index contributed by atoms with van der Waals surface area (Å²) in [6, 6.07) is 16.1. The van der Waals surface area contributed by atoms with E-state index >= 15 is 0 Å². The number of aromatic nitrogens is 1. The number of amides is 2. The van der Waals surface area contributed by atoms with Gasteiger partial charge in [-0.3, -0.25) is 19.7 Å². The third kappa shape index (κ3) is 7.55. The van der Waals surface area contributed by atoms with Crippen molar-refractivity contribution in [1.82, 2.24) is 14.4 Å². The predicted octanol–water partition coefficient (Wildman–Crippen LogP) is 6.04. The van der Waals surface area contributed by atoms with Gasteiger partial charge in [0.1, 0.15) is 12.4 Å². The Hall–Kier alpha value is -4.01. The first-order valence-corrected chi connectivity index (χ1v) is 13.9. The molecule has 0 saturated heterocycles. The van der Waals surface area contributed by atoms with Gasteiger partial charge in [-0.15, -0.1) is 0 Å². The van der Waals surface area contributed by atoms with Crippen LogP contribution in [0.1, 0.15) is 67.6 Å². The molecule has 0 spiro atoms. The molecule has 1 saturated carbocycles. The Kier molecular flexibility index (Phi) is 9.69. The fourth-order valence-electron chi connectivity index (χ4n) is 5.37. The zero-order valence-electron chi connectivity index (χ0n) is 23.2. The van der Waals surface area contributed by atoms with Crippen molar-refractivity contribution in [3.05, 3.63) is 99.6 Å². The van der Waals surface area contributed by atoms with E-state index in [1.54, 1.807) is 18.2 Å². The van der Waals surface area contributed by atoms with E-state index in [-0.39, 0.29) is 41.5 Å². The van der Waals surface area contributed by atoms with Crippen LogP contribution in [0.4, 0.5) is 10.1 Å². The summed E-state index contributed by atoms with van der Waals surface area (Å²) in [7, 11) is 0. The first-order chi connectivity index (χ1) is 19.2. The minimum Gasteiger partial charge on any atom is -0.345 e. The number of nitrogens with zero attached hydrogens (tertiary/aromatic N) is 4. The van der Waals surface area contributed by atoms with Gasteiger partial charge in [-0.05, 0) is 54.7 Å². The van der Waals surface area contributed by atoms with Gasteiger partial charge < -0.3 is 14.4 Å². The Morgan fingerprint density at radius 1 is 1.05 bits per heavy atom. The molecule has 0 unspecified atom stereocenters. The SMILES string of the molecule is CC(C)CN(CC(=O)N(Cc1cccn1Cc1ccc(F)cc1)C1CCCCC1)C(=O)c1cccc([N+](=O)[O-])c1. The number of non-ortho nitro benzene ring substituents is 1. The van der Waals surface area contributed by atoms with E-state index in [1.807, 2.05) is 37.1 Å². The van der Waals surface area contributed by atoms with Gasteiger partial charge in [0.05, 0.1) is 11.5 Å². The van der Waals surface area contributed by atoms with Crippen molar-refractivity contribution in [1.29, 1.82) is 0 Å². The molecular weight excluding hydrogens is 511 g/mol. The highest BCUT2D eigenvalue weighted by Gasteiger charge is 2.30. The summed E-state index contributed by atoms with van der Waals surface area (Å²) in [6.07, 6.45) is 7.02. The van der Waals surface area contributed by atoms with Gasteiger partial charge >= 0.3 is 0 Å². The van der Waals surface area contributed by atoms with E-state index in [9.17, 15) is 24.1 Å². The summed E-state index contributed by atoms with van der Waals surface area (Å²) in [5, 5.41) is 11.3. The van der Waals surface area contributed by atoms with Gasteiger partial charge in [0.25, 0.3) is 11.6 Å². The highest BCUT2D eigenvalue weighted by molar-refractivity contribution is 5.97. The molecule has 1 heterocycles. The number of benzene rings is 2. The molecule has 9 heteroatoms. The average Bonchev–Trinajstić information content (AvgIpc) is 3.38. The number of hydrogen-bond donors (Lipinski definition) is 0. The number of nitro groups is 1. The maximum absolute atomic E-state index is 14.0. The van der Waals surface area contributed by atoms with Crippen LogP contribution in [0.15, 0.2) is 66.9 Å². The Labute approximate surface area is 234 Å². The molecule has 40 heavy (non-hydrogen) atoms. The molecule has 1 fully saturated rings. The lowest BCUT2D eigenvalue weighted by Gasteiger charge is -2.36. The molecule has 1 aliphatic rings. The topological polar surface area (TPSA) is 88.7 Å². The molecule has 0 radical (unpaired) electrons. The average molecular weight is 549 g/mol. The van der Waals surface area contributed by atoms with Crippen molar-refractivity contribution < 1.29 is 18.9 Å². The third-order valence-corrected chi connectivity index (χ3v) is 7.36. The van der Waals surface area contributed by atoms with Crippen molar-refractivity contribution in [2.24, 2.45) is 5.92 Å². The van der Waals surface area contributed by atoms with Crippen LogP contribution in [0.2, 0.25) is 0 Å². The summed E-state index contributed by atoms with van der Waals surface area (Å²) in [5.74, 6) is -0.711. The van der Waals surface area contributed by atoms with E-state index in [0.29, 0.717) is 19.6 Å². The van der Waals surface area contributed by atoms with Crippen LogP contribution in [0.5, 0.6) is 0 Å². The molecule has 8 nitrogen and oxygen atoms in total. The highest BCUT2D eigenvalue weighted by Crippen LogP contribution is 2.25. The summed E-state index contributed by atoms with van der Waals surface area (Å²) >= 11 is 0. The first-order valence-electron chi connectivity index (χ1n) is 13.9. The Balaban J connectivity index is 1.56. The van der Waals surface area contributed by atoms with Gasteiger partial charge in [0.15, 0.2) is 0 Å². The van der Waals surface area contributed by atoms with E-state index in [1.165, 1.54) is 35.2 Å². The van der Waals surface area contributed by atoms with E-state index in [0.717, 1.165) is 43.4 Å². The zero-order valence-corrected chi connectivity index (χ0v) is 23.2. The smallest absolute Gasteiger partial charge is 0.270 e. The second-order valence-electron chi connectivity index (χ2n) is 11.0. The van der Waals surface area contributed by atoms with Gasteiger partial charge in [-0.2, -0.15) is 0 Å². The molecule has 2 aromatic carbocycles. The summed E-state index contributed by atoms with van der Waals surface area (Å²) < 4.78 is 15.5. The summed E-state index contributed by atoms with van der Waals surface area (Å²) in [6.45, 7) is 5.15. The zero-order chi connectivity index (χ0) is 28.6. The van der Waals surface area contributed by atoms with Crippen molar-refractivity contribution in [2.45, 2.75) is 65.1 Å². The summed E-state index contributed by atoms with van der Waals surface area (Å²) in [4.78, 5) is 41.6. The fourth-order valence-corrected chi connectivity index (χ4v) is 5.37. The van der Waals surface area contributed by atoms with Crippen LogP contribution < -0.4 is 0 Å². The van der Waals surface area contributed by atoms with Crippen LogP contribution >= 0.6 is 0 Å². The highest BCUT2D eigenvalue weighted by atomic mass is 19.1. The maximum atomic E-state index is 14.0. The quantitative estimate of drug-likeness (QED) is 0.216. The normalized spacial score (nSPS) is 13.8. The molecule has 0 N–H and O–H groups in total. The van der Waals surface area contributed by atoms with E-state index in [2.05, 4.69) is 4.57 Å². The van der Waals surface area contributed by atoms with E-state index < -0.39 is 10.8 Å². The molecule has 0 atom stereocenters. The molecule has 0 aliphatic heterocycles. The van der Waals surface area contributed by atoms with Crippen LogP contribution in [0.25, 0.3) is 0 Å². The van der Waals surface area contributed by atoms with Crippen LogP contribution in [0.3, 0.4) is 0 Å². The minimum atomic E-state index is -0.527. The largest absolute Gasteiger partial charge is 0.345 e. The van der Waals surface area contributed by atoms with E-state index in [4.69, 9.17) is 0 Å². The predicted molar refractivity (Wildman–Crippen MR) is 151 cm³/mol. The number of nitro benzene ring substituents is 1. The molecule has 2 amide bonds. The maximum Gasteiger partial charge on any atom is 0.270 e. The summed E-state index contributed by atoms with van der Waals surface area (Å²) in [5.41, 5.74) is 1.95. The van der Waals surface area contributed by atoms with Crippen molar-refractivity contribution in [2.75, 3.05) is 13.1 Å². The fraction of sp³-hybridized carbons (Fsp3) is 0.419. The molecular formula is C31H37FN4O4. The second kappa shape index (κ2) is 13.4. The van der Waals surface area contributed by atoms with Crippen molar-refractivity contribution in [3.63, 3.8) is 0 Å². The van der Waals surface area contributed by atoms with Gasteiger partial charge in [0.2, 0.25) is 5.91 Å². The standard InChI is InChI=1S/C31H37FN4O4/c1-23(2)19-34(31(38)25-8-6-11-28(18-25)36(39)40)22-30(37)35(27-9-4-3-5-10-27)21-29-12-7-17-33(29)20-24-13-15-26(32)16-14-24/h6-8,11-18,23,27H,3-5,9-10,19-22H2,1-2H3. The molecule has 1 aromatic heterocycles. The number of carbonyl (C=O) groups is 2. The van der Waals surface area contributed by atoms with Crippen molar-refractivity contribution in [3.8, 4) is 0 Å². The van der Waals surface area contributed by atoms with Gasteiger partial charge in [0, 0.05) is 48.7 Å². The monoisotopic (exact) mass is 548 g/mol. The second-order valence-corrected chi connectivity index (χ2v) is 11.0. The van der Waals surface area contributed by atoms with Gasteiger partial charge in [-0.25, -0.2) is 4.39 Å². The molecule has 4 rings (SSSR count).